The number of hydrogen-bond donors (Lipinski definition) is 4. The Balaban J connectivity index is 3.57. The summed E-state index contributed by atoms with van der Waals surface area (Å²) in [6.45, 7) is 0.950. The molecule has 0 aliphatic carbocycles. The Hall–Kier alpha value is -1.59. The molecule has 82 valence electrons. The minimum Gasteiger partial charge on any atom is -0.504 e. The number of aliphatic hydroxyl groups is 1. The SMILES string of the molecule is [2H]c1c([2H])c([C@H](O)[C@@]([2H])(N)C(C)=O)c([2H])c(O)c1O. The van der Waals surface area contributed by atoms with Gasteiger partial charge in [-0.3, -0.25) is 4.79 Å². The van der Waals surface area contributed by atoms with Crippen LogP contribution in [0.1, 0.15) is 24.1 Å². The summed E-state index contributed by atoms with van der Waals surface area (Å²) >= 11 is 0. The predicted octanol–water partition coefficient (Wildman–Crippen LogP) is 0.0475. The van der Waals surface area contributed by atoms with Gasteiger partial charge in [-0.05, 0) is 24.6 Å². The number of phenolic OH excluding ortho intramolecular Hbond substituents is 2. The van der Waals surface area contributed by atoms with E-state index in [9.17, 15) is 20.1 Å². The van der Waals surface area contributed by atoms with Crippen LogP contribution >= 0.6 is 0 Å². The van der Waals surface area contributed by atoms with Crippen LogP contribution in [0.25, 0.3) is 0 Å². The fraction of sp³-hybridized carbons (Fsp3) is 0.300. The van der Waals surface area contributed by atoms with Gasteiger partial charge in [0.15, 0.2) is 11.5 Å². The third kappa shape index (κ3) is 2.45. The van der Waals surface area contributed by atoms with E-state index >= 15 is 0 Å². The quantitative estimate of drug-likeness (QED) is 0.533. The summed E-state index contributed by atoms with van der Waals surface area (Å²) in [7, 11) is 0. The number of hydrogen-bond acceptors (Lipinski definition) is 5. The average molecular weight is 215 g/mol. The summed E-state index contributed by atoms with van der Waals surface area (Å²) in [4.78, 5) is 11.2. The van der Waals surface area contributed by atoms with E-state index in [2.05, 4.69) is 0 Å². The third-order valence-corrected chi connectivity index (χ3v) is 1.77. The molecule has 0 heterocycles. The Bertz CT molecular complexity index is 518. The molecule has 0 aliphatic rings. The lowest BCUT2D eigenvalue weighted by molar-refractivity contribution is -0.120. The number of carbonyl (C=O) groups is 1. The molecule has 1 aromatic rings. The van der Waals surface area contributed by atoms with Crippen molar-refractivity contribution in [2.45, 2.75) is 19.0 Å². The van der Waals surface area contributed by atoms with Crippen molar-refractivity contribution in [2.24, 2.45) is 5.73 Å². The molecule has 0 aliphatic heterocycles. The van der Waals surface area contributed by atoms with Gasteiger partial charge in [0.1, 0.15) is 11.9 Å². The van der Waals surface area contributed by atoms with Crippen LogP contribution in [-0.2, 0) is 4.79 Å². The first-order chi connectivity index (χ1) is 8.53. The van der Waals surface area contributed by atoms with Crippen molar-refractivity contribution < 1.29 is 25.6 Å². The van der Waals surface area contributed by atoms with E-state index in [1.807, 2.05) is 0 Å². The molecule has 1 rings (SSSR count). The second-order valence-corrected chi connectivity index (χ2v) is 2.90. The standard InChI is InChI=1S/C10H13NO4/c1-5(12)9(11)10(15)6-2-3-7(13)8(14)4-6/h2-4,9-10,13-15H,11H2,1H3/t9-,10-/m0/s1/i2D,3D,4D,9D. The number of phenols is 2. The van der Waals surface area contributed by atoms with Gasteiger partial charge in [0.05, 0.1) is 11.5 Å². The molecule has 0 unspecified atom stereocenters. The van der Waals surface area contributed by atoms with E-state index in [0.717, 1.165) is 6.92 Å². The van der Waals surface area contributed by atoms with Gasteiger partial charge in [0.25, 0.3) is 0 Å². The van der Waals surface area contributed by atoms with E-state index in [0.29, 0.717) is 0 Å². The van der Waals surface area contributed by atoms with Gasteiger partial charge in [-0.25, -0.2) is 0 Å². The molecule has 5 heteroatoms. The lowest BCUT2D eigenvalue weighted by Crippen LogP contribution is -2.35. The molecule has 0 spiro atoms. The normalized spacial score (nSPS) is 20.5. The number of aliphatic hydroxyl groups excluding tert-OH is 1. The van der Waals surface area contributed by atoms with Crippen molar-refractivity contribution in [1.82, 2.24) is 0 Å². The summed E-state index contributed by atoms with van der Waals surface area (Å²) in [5.41, 5.74) is 4.65. The maximum Gasteiger partial charge on any atom is 0.157 e. The Morgan fingerprint density at radius 2 is 2.13 bits per heavy atom. The molecule has 5 nitrogen and oxygen atoms in total. The molecule has 0 amide bonds. The van der Waals surface area contributed by atoms with Crippen molar-refractivity contribution >= 4 is 5.78 Å². The highest BCUT2D eigenvalue weighted by Crippen LogP contribution is 2.28. The molecule has 2 atom stereocenters. The van der Waals surface area contributed by atoms with E-state index in [1.165, 1.54) is 0 Å². The van der Waals surface area contributed by atoms with Crippen LogP contribution in [0, 0.1) is 0 Å². The van der Waals surface area contributed by atoms with Gasteiger partial charge >= 0.3 is 0 Å². The lowest BCUT2D eigenvalue weighted by Gasteiger charge is -2.16. The predicted molar refractivity (Wildman–Crippen MR) is 53.4 cm³/mol. The maximum absolute atomic E-state index is 11.2. The van der Waals surface area contributed by atoms with Crippen molar-refractivity contribution in [1.29, 1.82) is 0 Å². The molecule has 0 aromatic heterocycles. The van der Waals surface area contributed by atoms with Gasteiger partial charge < -0.3 is 21.1 Å². The van der Waals surface area contributed by atoms with Crippen molar-refractivity contribution in [3.63, 3.8) is 0 Å². The van der Waals surface area contributed by atoms with E-state index in [1.54, 1.807) is 0 Å². The highest BCUT2D eigenvalue weighted by molar-refractivity contribution is 5.82. The second-order valence-electron chi connectivity index (χ2n) is 2.90. The number of aromatic hydroxyl groups is 2. The molecule has 5 N–H and O–H groups in total. The first-order valence-electron chi connectivity index (χ1n) is 6.03. The number of carbonyl (C=O) groups excluding carboxylic acids is 1. The number of Topliss-reactive ketones (excluding diaryl/α,β-unsaturated/α-hetero) is 1. The van der Waals surface area contributed by atoms with Gasteiger partial charge in [-0.15, -0.1) is 0 Å². The van der Waals surface area contributed by atoms with E-state index in [4.69, 9.17) is 11.2 Å². The monoisotopic (exact) mass is 215 g/mol. The zero-order chi connectivity index (χ0) is 15.1. The molecular formula is C10H13NO4. The summed E-state index contributed by atoms with van der Waals surface area (Å²) in [6.07, 6.45) is -2.08. The van der Waals surface area contributed by atoms with Crippen LogP contribution < -0.4 is 5.73 Å². The van der Waals surface area contributed by atoms with Gasteiger partial charge in [-0.2, -0.15) is 0 Å². The highest BCUT2D eigenvalue weighted by Gasteiger charge is 2.21. The average Bonchev–Trinajstić information content (AvgIpc) is 2.33. The molecule has 1 aromatic carbocycles. The maximum atomic E-state index is 11.2. The summed E-state index contributed by atoms with van der Waals surface area (Å²) < 4.78 is 29.9. The minimum atomic E-state index is -2.53. The minimum absolute atomic E-state index is 0.659. The van der Waals surface area contributed by atoms with Crippen molar-refractivity contribution in [3.8, 4) is 11.5 Å². The fourth-order valence-electron chi connectivity index (χ4n) is 0.889. The Morgan fingerprint density at radius 3 is 2.67 bits per heavy atom. The zero-order valence-corrected chi connectivity index (χ0v) is 7.90. The molecular weight excluding hydrogens is 198 g/mol. The Morgan fingerprint density at radius 1 is 1.53 bits per heavy atom. The molecule has 0 fully saturated rings. The highest BCUT2D eigenvalue weighted by atomic mass is 16.3. The fourth-order valence-corrected chi connectivity index (χ4v) is 0.889. The largest absolute Gasteiger partial charge is 0.504 e. The molecule has 15 heavy (non-hydrogen) atoms. The van der Waals surface area contributed by atoms with Crippen molar-refractivity contribution in [3.05, 3.63) is 23.7 Å². The number of benzene rings is 1. The van der Waals surface area contributed by atoms with Crippen molar-refractivity contribution in [2.75, 3.05) is 0 Å². The Labute approximate surface area is 92.4 Å². The number of ketones is 1. The van der Waals surface area contributed by atoms with Crippen LogP contribution in [0.5, 0.6) is 11.5 Å². The Kier molecular flexibility index (Phi) is 1.95. The summed E-state index contributed by atoms with van der Waals surface area (Å²) in [5.74, 6) is -2.92. The van der Waals surface area contributed by atoms with Crippen LogP contribution in [0.3, 0.4) is 0 Å². The van der Waals surface area contributed by atoms with Crippen LogP contribution in [0.4, 0.5) is 0 Å². The summed E-state index contributed by atoms with van der Waals surface area (Å²) in [5, 5.41) is 28.6. The zero-order valence-electron chi connectivity index (χ0n) is 11.9. The van der Waals surface area contributed by atoms with E-state index < -0.39 is 53.1 Å². The smallest absolute Gasteiger partial charge is 0.157 e. The van der Waals surface area contributed by atoms with Crippen LogP contribution in [-0.4, -0.2) is 27.1 Å². The van der Waals surface area contributed by atoms with Gasteiger partial charge in [0, 0.05) is 0 Å². The van der Waals surface area contributed by atoms with Crippen LogP contribution in [0.15, 0.2) is 18.1 Å². The third-order valence-electron chi connectivity index (χ3n) is 1.77. The van der Waals surface area contributed by atoms with Gasteiger partial charge in [-0.1, -0.05) is 6.04 Å². The van der Waals surface area contributed by atoms with Crippen LogP contribution in [0.2, 0.25) is 0 Å². The second kappa shape index (κ2) is 4.29. The first-order valence-corrected chi connectivity index (χ1v) is 4.03. The van der Waals surface area contributed by atoms with Gasteiger partial charge in [0.2, 0.25) is 0 Å². The topological polar surface area (TPSA) is 104 Å². The first kappa shape index (κ1) is 6.81. The summed E-state index contributed by atoms with van der Waals surface area (Å²) in [6, 6.07) is -4.99. The molecule has 0 saturated heterocycles. The number of nitrogens with two attached hydrogens (primary N) is 1. The number of rotatable bonds is 3. The molecule has 0 bridgehead atoms. The lowest BCUT2D eigenvalue weighted by atomic mass is 10.00. The molecule has 0 radical (unpaired) electrons. The van der Waals surface area contributed by atoms with E-state index in [-0.39, 0.29) is 0 Å². The molecule has 0 saturated carbocycles.